The molecule has 2 N–H and O–H groups in total. The molecule has 4 aromatic rings. The maximum absolute atomic E-state index is 13.3. The van der Waals surface area contributed by atoms with Crippen molar-refractivity contribution in [3.8, 4) is 28.8 Å². The maximum Gasteiger partial charge on any atom is 0.271 e. The van der Waals surface area contributed by atoms with Crippen molar-refractivity contribution in [2.45, 2.75) is 0 Å². The third kappa shape index (κ3) is 4.51. The molecule has 0 saturated heterocycles. The second-order valence-electron chi connectivity index (χ2n) is 7.39. The Hall–Kier alpha value is -4.79. The van der Waals surface area contributed by atoms with Gasteiger partial charge < -0.3 is 19.3 Å². The Morgan fingerprint density at radius 3 is 2.26 bits per heavy atom. The first-order valence-corrected chi connectivity index (χ1v) is 10.5. The van der Waals surface area contributed by atoms with Gasteiger partial charge in [-0.1, -0.05) is 18.2 Å². The lowest BCUT2D eigenvalue weighted by molar-refractivity contribution is 0.0955. The van der Waals surface area contributed by atoms with Crippen LogP contribution in [0.25, 0.3) is 16.5 Å². The van der Waals surface area contributed by atoms with Gasteiger partial charge in [0.2, 0.25) is 5.88 Å². The second kappa shape index (κ2) is 10.0. The van der Waals surface area contributed by atoms with Crippen LogP contribution in [0.15, 0.2) is 76.6 Å². The predicted octanol–water partition coefficient (Wildman–Crippen LogP) is 3.49. The first kappa shape index (κ1) is 23.4. The summed E-state index contributed by atoms with van der Waals surface area (Å²) in [5.41, 5.74) is 3.02. The van der Waals surface area contributed by atoms with Crippen LogP contribution < -0.4 is 25.2 Å². The van der Waals surface area contributed by atoms with E-state index in [9.17, 15) is 14.7 Å². The smallest absolute Gasteiger partial charge is 0.271 e. The minimum atomic E-state index is -0.444. The third-order valence-electron chi connectivity index (χ3n) is 5.44. The summed E-state index contributed by atoms with van der Waals surface area (Å²) in [6.07, 6.45) is 1.30. The molecule has 0 aliphatic carbocycles. The zero-order chi connectivity index (χ0) is 24.9. The molecule has 1 heterocycles. The number of pyridine rings is 1. The molecule has 0 unspecified atom stereocenters. The minimum absolute atomic E-state index is 0.255. The Morgan fingerprint density at radius 2 is 1.60 bits per heavy atom. The molecule has 4 rings (SSSR count). The number of aromatic nitrogens is 1. The maximum atomic E-state index is 13.3. The van der Waals surface area contributed by atoms with Crippen LogP contribution in [0.3, 0.4) is 0 Å². The molecule has 0 radical (unpaired) electrons. The van der Waals surface area contributed by atoms with E-state index in [0.717, 1.165) is 4.57 Å². The summed E-state index contributed by atoms with van der Waals surface area (Å²) in [7, 11) is 4.53. The number of ether oxygens (including phenoxy) is 3. The molecular weight excluding hydrogens is 450 g/mol. The van der Waals surface area contributed by atoms with E-state index in [0.29, 0.717) is 39.3 Å². The van der Waals surface area contributed by atoms with Gasteiger partial charge in [0.15, 0.2) is 11.5 Å². The van der Waals surface area contributed by atoms with Crippen LogP contribution in [0, 0.1) is 0 Å². The number of hydrazone groups is 1. The fourth-order valence-electron chi connectivity index (χ4n) is 3.66. The summed E-state index contributed by atoms with van der Waals surface area (Å²) < 4.78 is 16.8. The van der Waals surface area contributed by atoms with E-state index in [2.05, 4.69) is 10.5 Å². The van der Waals surface area contributed by atoms with Gasteiger partial charge in [-0.05, 0) is 42.5 Å². The molecule has 35 heavy (non-hydrogen) atoms. The molecule has 0 aliphatic heterocycles. The second-order valence-corrected chi connectivity index (χ2v) is 7.39. The quantitative estimate of drug-likeness (QED) is 0.314. The van der Waals surface area contributed by atoms with Crippen molar-refractivity contribution in [1.82, 2.24) is 9.99 Å². The van der Waals surface area contributed by atoms with Crippen LogP contribution in [0.1, 0.15) is 15.9 Å². The highest BCUT2D eigenvalue weighted by Crippen LogP contribution is 2.32. The molecule has 1 amide bonds. The summed E-state index contributed by atoms with van der Waals surface area (Å²) in [4.78, 5) is 25.7. The number of rotatable bonds is 7. The molecule has 0 aliphatic rings. The monoisotopic (exact) mass is 473 g/mol. The first-order valence-electron chi connectivity index (χ1n) is 10.5. The van der Waals surface area contributed by atoms with E-state index < -0.39 is 11.5 Å². The zero-order valence-electron chi connectivity index (χ0n) is 19.3. The summed E-state index contributed by atoms with van der Waals surface area (Å²) >= 11 is 0. The largest absolute Gasteiger partial charge is 0.497 e. The van der Waals surface area contributed by atoms with Crippen LogP contribution in [0.5, 0.6) is 23.1 Å². The Kier molecular flexibility index (Phi) is 6.68. The van der Waals surface area contributed by atoms with Crippen molar-refractivity contribution in [1.29, 1.82) is 0 Å². The molecular formula is C26H23N3O6. The molecule has 1 aromatic heterocycles. The van der Waals surface area contributed by atoms with Crippen molar-refractivity contribution in [3.05, 3.63) is 88.2 Å². The normalized spacial score (nSPS) is 10.9. The topological polar surface area (TPSA) is 111 Å². The fraction of sp³-hybridized carbons (Fsp3) is 0.115. The van der Waals surface area contributed by atoms with Gasteiger partial charge in [-0.3, -0.25) is 9.59 Å². The molecule has 9 nitrogen and oxygen atoms in total. The molecule has 0 spiro atoms. The number of nitrogens with one attached hydrogen (secondary N) is 1. The number of fused-ring (bicyclic) bond motifs is 1. The van der Waals surface area contributed by atoms with Gasteiger partial charge >= 0.3 is 0 Å². The number of hydrogen-bond donors (Lipinski definition) is 2. The number of carbonyl (C=O) groups is 1. The van der Waals surface area contributed by atoms with E-state index in [1.807, 2.05) is 0 Å². The molecule has 3 aromatic carbocycles. The van der Waals surface area contributed by atoms with Gasteiger partial charge in [0.1, 0.15) is 5.75 Å². The fourth-order valence-corrected chi connectivity index (χ4v) is 3.66. The van der Waals surface area contributed by atoms with Crippen LogP contribution in [0.4, 0.5) is 0 Å². The molecule has 9 heteroatoms. The highest BCUT2D eigenvalue weighted by atomic mass is 16.5. The highest BCUT2D eigenvalue weighted by molar-refractivity contribution is 6.02. The summed E-state index contributed by atoms with van der Waals surface area (Å²) in [5.74, 6) is 0.710. The van der Waals surface area contributed by atoms with Crippen molar-refractivity contribution in [2.24, 2.45) is 5.10 Å². The molecule has 0 bridgehead atoms. The number of nitrogens with zero attached hydrogens (tertiary/aromatic N) is 2. The van der Waals surface area contributed by atoms with E-state index >= 15 is 0 Å². The van der Waals surface area contributed by atoms with Crippen molar-refractivity contribution >= 4 is 22.9 Å². The van der Waals surface area contributed by atoms with Crippen LogP contribution in [-0.2, 0) is 0 Å². The van der Waals surface area contributed by atoms with Crippen LogP contribution in [0.2, 0.25) is 0 Å². The van der Waals surface area contributed by atoms with Gasteiger partial charge in [-0.2, -0.15) is 5.10 Å². The Labute approximate surface area is 200 Å². The van der Waals surface area contributed by atoms with E-state index in [1.165, 1.54) is 27.5 Å². The lowest BCUT2D eigenvalue weighted by Crippen LogP contribution is -2.21. The molecule has 0 atom stereocenters. The minimum Gasteiger partial charge on any atom is -0.497 e. The average molecular weight is 473 g/mol. The number of carbonyl (C=O) groups excluding carboxylic acids is 1. The molecule has 178 valence electrons. The van der Waals surface area contributed by atoms with Crippen molar-refractivity contribution in [3.63, 3.8) is 0 Å². The number of aromatic hydroxyl groups is 1. The van der Waals surface area contributed by atoms with E-state index in [-0.39, 0.29) is 11.4 Å². The van der Waals surface area contributed by atoms with Gasteiger partial charge in [0, 0.05) is 22.4 Å². The Balaban J connectivity index is 1.76. The van der Waals surface area contributed by atoms with Gasteiger partial charge in [-0.15, -0.1) is 0 Å². The van der Waals surface area contributed by atoms with Crippen LogP contribution >= 0.6 is 0 Å². The molecule has 0 saturated carbocycles. The third-order valence-corrected chi connectivity index (χ3v) is 5.44. The SMILES string of the molecule is COc1ccc(C(=O)NN=Cc2c(O)n(-c3ccc(OC)c(OC)c3)c(=O)c3ccccc23)cc1. The molecule has 0 fully saturated rings. The first-order chi connectivity index (χ1) is 17.0. The van der Waals surface area contributed by atoms with E-state index in [4.69, 9.17) is 14.2 Å². The van der Waals surface area contributed by atoms with Gasteiger partial charge in [0.05, 0.1) is 38.8 Å². The van der Waals surface area contributed by atoms with Crippen LogP contribution in [-0.4, -0.2) is 43.1 Å². The summed E-state index contributed by atoms with van der Waals surface area (Å²) in [6.45, 7) is 0. The Bertz CT molecular complexity index is 1480. The number of amides is 1. The standard InChI is InChI=1S/C26H23N3O6/c1-33-18-11-8-16(9-12-18)24(30)28-27-15-21-19-6-4-5-7-20(19)25(31)29(26(21)32)17-10-13-22(34-2)23(14-17)35-3/h4-15,32H,1-3H3,(H,28,30). The lowest BCUT2D eigenvalue weighted by atomic mass is 10.1. The lowest BCUT2D eigenvalue weighted by Gasteiger charge is -2.15. The van der Waals surface area contributed by atoms with Crippen molar-refractivity contribution < 1.29 is 24.1 Å². The average Bonchev–Trinajstić information content (AvgIpc) is 2.90. The number of benzene rings is 3. The Morgan fingerprint density at radius 1 is 0.914 bits per heavy atom. The predicted molar refractivity (Wildman–Crippen MR) is 132 cm³/mol. The summed E-state index contributed by atoms with van der Waals surface area (Å²) in [6, 6.07) is 18.2. The highest BCUT2D eigenvalue weighted by Gasteiger charge is 2.18. The van der Waals surface area contributed by atoms with E-state index in [1.54, 1.807) is 66.7 Å². The number of methoxy groups -OCH3 is 3. The zero-order valence-corrected chi connectivity index (χ0v) is 19.3. The van der Waals surface area contributed by atoms with Gasteiger partial charge in [0.25, 0.3) is 11.5 Å². The number of hydrogen-bond acceptors (Lipinski definition) is 7. The van der Waals surface area contributed by atoms with Gasteiger partial charge in [-0.25, -0.2) is 9.99 Å². The van der Waals surface area contributed by atoms with Crippen molar-refractivity contribution in [2.75, 3.05) is 21.3 Å². The summed E-state index contributed by atoms with van der Waals surface area (Å²) in [5, 5.41) is 16.0.